The number of allylic oxidation sites excluding steroid dienone is 2. The zero-order chi connectivity index (χ0) is 9.56. The van der Waals surface area contributed by atoms with Crippen LogP contribution in [0.5, 0.6) is 0 Å². The standard InChI is InChI=1S/C10H17NO/c1-5-7-8-11(9(3)4)10(12)6-2/h5,7-9H,1,6H2,2-4H3/b8-7+. The van der Waals surface area contributed by atoms with Gasteiger partial charge in [-0.1, -0.05) is 19.6 Å². The Morgan fingerprint density at radius 2 is 2.17 bits per heavy atom. The van der Waals surface area contributed by atoms with Gasteiger partial charge in [-0.25, -0.2) is 0 Å². The minimum absolute atomic E-state index is 0.142. The first-order valence-corrected chi connectivity index (χ1v) is 4.23. The highest BCUT2D eigenvalue weighted by Gasteiger charge is 2.10. The molecule has 0 aromatic heterocycles. The molecule has 0 aliphatic heterocycles. The molecule has 0 spiro atoms. The second-order valence-corrected chi connectivity index (χ2v) is 2.83. The van der Waals surface area contributed by atoms with Crippen molar-refractivity contribution in [1.29, 1.82) is 0 Å². The number of rotatable bonds is 4. The van der Waals surface area contributed by atoms with Gasteiger partial charge < -0.3 is 4.90 Å². The molecule has 12 heavy (non-hydrogen) atoms. The maximum atomic E-state index is 11.3. The smallest absolute Gasteiger partial charge is 0.226 e. The van der Waals surface area contributed by atoms with Crippen LogP contribution in [0.3, 0.4) is 0 Å². The first-order valence-electron chi connectivity index (χ1n) is 4.23. The number of nitrogens with zero attached hydrogens (tertiary/aromatic N) is 1. The van der Waals surface area contributed by atoms with Crippen molar-refractivity contribution in [3.05, 3.63) is 24.9 Å². The molecule has 0 aromatic carbocycles. The van der Waals surface area contributed by atoms with E-state index in [2.05, 4.69) is 6.58 Å². The Labute approximate surface area is 74.6 Å². The molecule has 0 aliphatic carbocycles. The number of carbonyl (C=O) groups excluding carboxylic acids is 1. The van der Waals surface area contributed by atoms with Gasteiger partial charge in [-0.3, -0.25) is 4.79 Å². The Bertz CT molecular complexity index is 182. The van der Waals surface area contributed by atoms with Crippen LogP contribution in [-0.2, 0) is 4.79 Å². The molecular formula is C10H17NO. The maximum absolute atomic E-state index is 11.3. The molecule has 0 unspecified atom stereocenters. The van der Waals surface area contributed by atoms with E-state index in [1.165, 1.54) is 0 Å². The average molecular weight is 167 g/mol. The summed E-state index contributed by atoms with van der Waals surface area (Å²) < 4.78 is 0. The largest absolute Gasteiger partial charge is 0.317 e. The summed E-state index contributed by atoms with van der Waals surface area (Å²) in [6.45, 7) is 9.39. The van der Waals surface area contributed by atoms with Crippen molar-refractivity contribution in [1.82, 2.24) is 4.90 Å². The normalized spacial score (nSPS) is 10.7. The third kappa shape index (κ3) is 3.37. The summed E-state index contributed by atoms with van der Waals surface area (Å²) in [5, 5.41) is 0. The van der Waals surface area contributed by atoms with Gasteiger partial charge in [0.2, 0.25) is 5.91 Å². The summed E-state index contributed by atoms with van der Waals surface area (Å²) in [5.74, 6) is 0.142. The van der Waals surface area contributed by atoms with Crippen LogP contribution in [-0.4, -0.2) is 16.8 Å². The SMILES string of the molecule is C=C/C=C/N(C(=O)CC)C(C)C. The van der Waals surface area contributed by atoms with Crippen LogP contribution in [0.15, 0.2) is 24.9 Å². The van der Waals surface area contributed by atoms with Crippen molar-refractivity contribution in [2.75, 3.05) is 0 Å². The highest BCUT2D eigenvalue weighted by atomic mass is 16.2. The predicted octanol–water partition coefficient (Wildman–Crippen LogP) is 2.33. The molecule has 68 valence electrons. The van der Waals surface area contributed by atoms with Gasteiger partial charge in [0.15, 0.2) is 0 Å². The summed E-state index contributed by atoms with van der Waals surface area (Å²) in [7, 11) is 0. The monoisotopic (exact) mass is 167 g/mol. The highest BCUT2D eigenvalue weighted by Crippen LogP contribution is 2.02. The number of amides is 1. The lowest BCUT2D eigenvalue weighted by Crippen LogP contribution is -2.31. The van der Waals surface area contributed by atoms with E-state index < -0.39 is 0 Å². The van der Waals surface area contributed by atoms with Gasteiger partial charge >= 0.3 is 0 Å². The summed E-state index contributed by atoms with van der Waals surface area (Å²) in [5.41, 5.74) is 0. The van der Waals surface area contributed by atoms with Crippen LogP contribution in [0.1, 0.15) is 27.2 Å². The average Bonchev–Trinajstić information content (AvgIpc) is 2.04. The van der Waals surface area contributed by atoms with Crippen LogP contribution in [0.2, 0.25) is 0 Å². The van der Waals surface area contributed by atoms with E-state index in [1.807, 2.05) is 20.8 Å². The third-order valence-electron chi connectivity index (χ3n) is 1.53. The van der Waals surface area contributed by atoms with E-state index in [1.54, 1.807) is 23.3 Å². The Kier molecular flexibility index (Phi) is 5.09. The Morgan fingerprint density at radius 1 is 1.58 bits per heavy atom. The second-order valence-electron chi connectivity index (χ2n) is 2.83. The Hall–Kier alpha value is -1.05. The lowest BCUT2D eigenvalue weighted by atomic mass is 10.3. The van der Waals surface area contributed by atoms with Gasteiger partial charge in [-0.05, 0) is 19.9 Å². The Balaban J connectivity index is 4.32. The molecule has 0 bridgehead atoms. The molecule has 0 saturated carbocycles. The van der Waals surface area contributed by atoms with Gasteiger partial charge in [0.25, 0.3) is 0 Å². The van der Waals surface area contributed by atoms with Crippen molar-refractivity contribution in [3.8, 4) is 0 Å². The van der Waals surface area contributed by atoms with Crippen molar-refractivity contribution < 1.29 is 4.79 Å². The Morgan fingerprint density at radius 3 is 2.50 bits per heavy atom. The minimum Gasteiger partial charge on any atom is -0.317 e. The van der Waals surface area contributed by atoms with E-state index in [-0.39, 0.29) is 11.9 Å². The molecule has 0 saturated heterocycles. The summed E-state index contributed by atoms with van der Waals surface area (Å²) in [6.07, 6.45) is 5.75. The lowest BCUT2D eigenvalue weighted by molar-refractivity contribution is -0.129. The van der Waals surface area contributed by atoms with Gasteiger partial charge in [-0.15, -0.1) is 0 Å². The van der Waals surface area contributed by atoms with Crippen molar-refractivity contribution in [2.45, 2.75) is 33.2 Å². The fourth-order valence-corrected chi connectivity index (χ4v) is 0.879. The first-order chi connectivity index (χ1) is 5.63. The lowest BCUT2D eigenvalue weighted by Gasteiger charge is -2.21. The molecule has 2 nitrogen and oxygen atoms in total. The van der Waals surface area contributed by atoms with Crippen LogP contribution < -0.4 is 0 Å². The van der Waals surface area contributed by atoms with Crippen molar-refractivity contribution >= 4 is 5.91 Å². The van der Waals surface area contributed by atoms with Crippen LogP contribution >= 0.6 is 0 Å². The van der Waals surface area contributed by atoms with Crippen molar-refractivity contribution in [3.63, 3.8) is 0 Å². The van der Waals surface area contributed by atoms with E-state index >= 15 is 0 Å². The van der Waals surface area contributed by atoms with Gasteiger partial charge in [0, 0.05) is 18.7 Å². The highest BCUT2D eigenvalue weighted by molar-refractivity contribution is 5.77. The zero-order valence-corrected chi connectivity index (χ0v) is 8.08. The molecule has 0 heterocycles. The fourth-order valence-electron chi connectivity index (χ4n) is 0.879. The number of carbonyl (C=O) groups is 1. The van der Waals surface area contributed by atoms with E-state index in [4.69, 9.17) is 0 Å². The maximum Gasteiger partial charge on any atom is 0.226 e. The molecule has 0 N–H and O–H groups in total. The number of hydrogen-bond acceptors (Lipinski definition) is 1. The van der Waals surface area contributed by atoms with Crippen LogP contribution in [0.4, 0.5) is 0 Å². The molecule has 0 atom stereocenters. The molecule has 0 radical (unpaired) electrons. The molecule has 0 aromatic rings. The zero-order valence-electron chi connectivity index (χ0n) is 8.08. The second kappa shape index (κ2) is 5.58. The van der Waals surface area contributed by atoms with E-state index in [0.717, 1.165) is 0 Å². The van der Waals surface area contributed by atoms with E-state index in [0.29, 0.717) is 6.42 Å². The van der Waals surface area contributed by atoms with Crippen molar-refractivity contribution in [2.24, 2.45) is 0 Å². The summed E-state index contributed by atoms with van der Waals surface area (Å²) >= 11 is 0. The predicted molar refractivity (Wildman–Crippen MR) is 51.6 cm³/mol. The van der Waals surface area contributed by atoms with Gasteiger partial charge in [-0.2, -0.15) is 0 Å². The number of hydrogen-bond donors (Lipinski definition) is 0. The molecule has 0 fully saturated rings. The fraction of sp³-hybridized carbons (Fsp3) is 0.500. The van der Waals surface area contributed by atoms with Crippen LogP contribution in [0.25, 0.3) is 0 Å². The quantitative estimate of drug-likeness (QED) is 0.588. The molecule has 0 aliphatic rings. The molecule has 0 rings (SSSR count). The van der Waals surface area contributed by atoms with Crippen LogP contribution in [0, 0.1) is 0 Å². The summed E-state index contributed by atoms with van der Waals surface area (Å²) in [6, 6.07) is 0.216. The third-order valence-corrected chi connectivity index (χ3v) is 1.53. The first kappa shape index (κ1) is 11.0. The van der Waals surface area contributed by atoms with E-state index in [9.17, 15) is 4.79 Å². The van der Waals surface area contributed by atoms with Gasteiger partial charge in [0.05, 0.1) is 0 Å². The summed E-state index contributed by atoms with van der Waals surface area (Å²) in [4.78, 5) is 13.0. The molecule has 1 amide bonds. The minimum atomic E-state index is 0.142. The molecule has 2 heteroatoms. The van der Waals surface area contributed by atoms with Gasteiger partial charge in [0.1, 0.15) is 0 Å². The molecular weight excluding hydrogens is 150 g/mol. The topological polar surface area (TPSA) is 20.3 Å².